The van der Waals surface area contributed by atoms with Gasteiger partial charge in [0.15, 0.2) is 0 Å². The minimum absolute atomic E-state index is 0.401. The molecule has 2 aliphatic rings. The lowest BCUT2D eigenvalue weighted by atomic mass is 9.77. The Kier molecular flexibility index (Phi) is 7.02. The van der Waals surface area contributed by atoms with Crippen LogP contribution in [0.25, 0.3) is 5.69 Å². The highest BCUT2D eigenvalue weighted by molar-refractivity contribution is 5.49. The number of piperidine rings is 1. The van der Waals surface area contributed by atoms with E-state index < -0.39 is 11.7 Å². The minimum atomic E-state index is -4.29. The number of alkyl halides is 3. The summed E-state index contributed by atoms with van der Waals surface area (Å²) in [7, 11) is 0. The molecule has 35 heavy (non-hydrogen) atoms. The molecule has 7 heteroatoms. The Bertz CT molecular complexity index is 1080. The molecule has 0 unspecified atom stereocenters. The predicted molar refractivity (Wildman–Crippen MR) is 134 cm³/mol. The van der Waals surface area contributed by atoms with E-state index in [4.69, 9.17) is 0 Å². The van der Waals surface area contributed by atoms with Gasteiger partial charge in [0.25, 0.3) is 0 Å². The van der Waals surface area contributed by atoms with Crippen molar-refractivity contribution in [3.63, 3.8) is 0 Å². The van der Waals surface area contributed by atoms with Crippen LogP contribution in [0, 0.1) is 11.8 Å². The quantitative estimate of drug-likeness (QED) is 0.404. The standard InChI is InChI=1S/C28H33F3N4/c29-28(30,31)23-9-11-24(12-10-23)35-17-5-6-21(20-35)18-22-7-1-2-8-26(22)33-27-19-25(13-14-32-27)34-15-3-4-16-34/h3-4,9-16,19,21-22,26H,1-2,5-8,17-18,20H2,(H,32,33)/t21-,22+,26-/m1/s1. The van der Waals surface area contributed by atoms with Crippen LogP contribution in [0.3, 0.4) is 0 Å². The molecule has 1 saturated heterocycles. The SMILES string of the molecule is FC(F)(F)c1ccc(N2CCC[C@H](C[C@@H]3CCCC[C@H]3Nc3cc(-n4cccc4)ccn3)C2)cc1. The highest BCUT2D eigenvalue weighted by Gasteiger charge is 2.32. The number of pyridine rings is 1. The number of rotatable bonds is 6. The number of halogens is 3. The molecule has 3 heterocycles. The molecular weight excluding hydrogens is 449 g/mol. The van der Waals surface area contributed by atoms with Crippen LogP contribution in [-0.4, -0.2) is 28.7 Å². The number of anilines is 2. The normalized spacial score (nSPS) is 23.3. The lowest BCUT2D eigenvalue weighted by Crippen LogP contribution is -2.39. The molecule has 3 atom stereocenters. The summed E-state index contributed by atoms with van der Waals surface area (Å²) < 4.78 is 40.9. The number of aromatic nitrogens is 2. The first-order chi connectivity index (χ1) is 17.0. The largest absolute Gasteiger partial charge is 0.416 e. The van der Waals surface area contributed by atoms with E-state index in [1.165, 1.54) is 37.8 Å². The van der Waals surface area contributed by atoms with Crippen molar-refractivity contribution in [3.05, 3.63) is 72.7 Å². The van der Waals surface area contributed by atoms with E-state index in [9.17, 15) is 13.2 Å². The number of nitrogens with one attached hydrogen (secondary N) is 1. The van der Waals surface area contributed by atoms with Gasteiger partial charge in [0.05, 0.1) is 11.3 Å². The Balaban J connectivity index is 1.22. The molecular formula is C28H33F3N4. The maximum atomic E-state index is 12.9. The smallest absolute Gasteiger partial charge is 0.371 e. The monoisotopic (exact) mass is 482 g/mol. The van der Waals surface area contributed by atoms with E-state index in [1.54, 1.807) is 12.1 Å². The van der Waals surface area contributed by atoms with Crippen molar-refractivity contribution in [1.82, 2.24) is 9.55 Å². The van der Waals surface area contributed by atoms with Gasteiger partial charge in [-0.15, -0.1) is 0 Å². The maximum absolute atomic E-state index is 12.9. The Labute approximate surface area is 205 Å². The summed E-state index contributed by atoms with van der Waals surface area (Å²) in [5.41, 5.74) is 1.41. The Morgan fingerprint density at radius 3 is 2.46 bits per heavy atom. The lowest BCUT2D eigenvalue weighted by Gasteiger charge is -2.39. The summed E-state index contributed by atoms with van der Waals surface area (Å²) in [6.45, 7) is 1.82. The topological polar surface area (TPSA) is 33.1 Å². The van der Waals surface area contributed by atoms with Crippen molar-refractivity contribution in [3.8, 4) is 5.69 Å². The number of hydrogen-bond acceptors (Lipinski definition) is 3. The molecule has 1 aliphatic heterocycles. The van der Waals surface area contributed by atoms with E-state index in [0.717, 1.165) is 49.5 Å². The van der Waals surface area contributed by atoms with Crippen LogP contribution in [-0.2, 0) is 6.18 Å². The molecule has 186 valence electrons. The first kappa shape index (κ1) is 23.8. The first-order valence-electron chi connectivity index (χ1n) is 12.7. The van der Waals surface area contributed by atoms with Crippen LogP contribution < -0.4 is 10.2 Å². The van der Waals surface area contributed by atoms with E-state index >= 15 is 0 Å². The zero-order valence-corrected chi connectivity index (χ0v) is 19.9. The molecule has 1 aliphatic carbocycles. The zero-order valence-electron chi connectivity index (χ0n) is 19.9. The van der Waals surface area contributed by atoms with Crippen LogP contribution in [0.2, 0.25) is 0 Å². The van der Waals surface area contributed by atoms with E-state index in [1.807, 2.05) is 36.8 Å². The van der Waals surface area contributed by atoms with Gasteiger partial charge >= 0.3 is 6.18 Å². The fourth-order valence-corrected chi connectivity index (χ4v) is 5.82. The van der Waals surface area contributed by atoms with Crippen molar-refractivity contribution >= 4 is 11.5 Å². The summed E-state index contributed by atoms with van der Waals surface area (Å²) in [6.07, 6.45) is 9.90. The minimum Gasteiger partial charge on any atom is -0.371 e. The first-order valence-corrected chi connectivity index (χ1v) is 12.7. The van der Waals surface area contributed by atoms with Crippen LogP contribution in [0.1, 0.15) is 50.5 Å². The molecule has 4 nitrogen and oxygen atoms in total. The van der Waals surface area contributed by atoms with Crippen molar-refractivity contribution in [2.24, 2.45) is 11.8 Å². The second kappa shape index (κ2) is 10.3. The maximum Gasteiger partial charge on any atom is 0.416 e. The van der Waals surface area contributed by atoms with Gasteiger partial charge in [-0.05, 0) is 86.4 Å². The Morgan fingerprint density at radius 1 is 0.914 bits per heavy atom. The number of benzene rings is 1. The fourth-order valence-electron chi connectivity index (χ4n) is 5.82. The summed E-state index contributed by atoms with van der Waals surface area (Å²) in [6, 6.07) is 14.2. The second-order valence-corrected chi connectivity index (χ2v) is 10.0. The van der Waals surface area contributed by atoms with Gasteiger partial charge in [0.1, 0.15) is 5.82 Å². The van der Waals surface area contributed by atoms with E-state index in [0.29, 0.717) is 17.9 Å². The van der Waals surface area contributed by atoms with E-state index in [2.05, 4.69) is 25.8 Å². The van der Waals surface area contributed by atoms with E-state index in [-0.39, 0.29) is 0 Å². The van der Waals surface area contributed by atoms with Gasteiger partial charge in [-0.25, -0.2) is 4.98 Å². The molecule has 0 spiro atoms. The molecule has 0 amide bonds. The number of hydrogen-bond donors (Lipinski definition) is 1. The van der Waals surface area contributed by atoms with Crippen molar-refractivity contribution in [2.45, 2.75) is 57.2 Å². The van der Waals surface area contributed by atoms with Crippen molar-refractivity contribution < 1.29 is 13.2 Å². The van der Waals surface area contributed by atoms with Crippen LogP contribution in [0.4, 0.5) is 24.7 Å². The van der Waals surface area contributed by atoms with Crippen LogP contribution >= 0.6 is 0 Å². The third-order valence-corrected chi connectivity index (χ3v) is 7.60. The summed E-state index contributed by atoms with van der Waals surface area (Å²) in [4.78, 5) is 6.85. The molecule has 0 bridgehead atoms. The molecule has 2 aromatic heterocycles. The van der Waals surface area contributed by atoms with Gasteiger partial charge in [0, 0.05) is 49.5 Å². The molecule has 3 aromatic rings. The Morgan fingerprint density at radius 2 is 1.69 bits per heavy atom. The van der Waals surface area contributed by atoms with Gasteiger partial charge in [-0.2, -0.15) is 13.2 Å². The summed E-state index contributed by atoms with van der Waals surface area (Å²) in [5, 5.41) is 3.74. The molecule has 5 rings (SSSR count). The third-order valence-electron chi connectivity index (χ3n) is 7.60. The van der Waals surface area contributed by atoms with Gasteiger partial charge in [0.2, 0.25) is 0 Å². The molecule has 2 fully saturated rings. The third kappa shape index (κ3) is 5.82. The predicted octanol–water partition coefficient (Wildman–Crippen LogP) is 7.17. The molecule has 1 saturated carbocycles. The summed E-state index contributed by atoms with van der Waals surface area (Å²) in [5.74, 6) is 2.05. The van der Waals surface area contributed by atoms with Gasteiger partial charge in [-0.3, -0.25) is 0 Å². The molecule has 1 aromatic carbocycles. The lowest BCUT2D eigenvalue weighted by molar-refractivity contribution is -0.137. The van der Waals surface area contributed by atoms with Crippen LogP contribution in [0.15, 0.2) is 67.1 Å². The van der Waals surface area contributed by atoms with Gasteiger partial charge < -0.3 is 14.8 Å². The Hall–Kier alpha value is -2.96. The fraction of sp³-hybridized carbons (Fsp3) is 0.464. The van der Waals surface area contributed by atoms with Crippen molar-refractivity contribution in [2.75, 3.05) is 23.3 Å². The highest BCUT2D eigenvalue weighted by Crippen LogP contribution is 2.36. The highest BCUT2D eigenvalue weighted by atomic mass is 19.4. The average molecular weight is 483 g/mol. The average Bonchev–Trinajstić information content (AvgIpc) is 3.41. The number of nitrogens with zero attached hydrogens (tertiary/aromatic N) is 3. The van der Waals surface area contributed by atoms with Crippen LogP contribution in [0.5, 0.6) is 0 Å². The second-order valence-electron chi connectivity index (χ2n) is 10.0. The van der Waals surface area contributed by atoms with Crippen molar-refractivity contribution in [1.29, 1.82) is 0 Å². The molecule has 0 radical (unpaired) electrons. The van der Waals surface area contributed by atoms with Gasteiger partial charge in [-0.1, -0.05) is 12.8 Å². The molecule has 1 N–H and O–H groups in total. The summed E-state index contributed by atoms with van der Waals surface area (Å²) >= 11 is 0. The zero-order chi connectivity index (χ0) is 24.3.